The minimum absolute atomic E-state index is 0.0199. The van der Waals surface area contributed by atoms with Gasteiger partial charge in [-0.1, -0.05) is 26.7 Å². The van der Waals surface area contributed by atoms with Gasteiger partial charge in [0.2, 0.25) is 10.0 Å². The van der Waals surface area contributed by atoms with Gasteiger partial charge in [0, 0.05) is 24.8 Å². The fourth-order valence-corrected chi connectivity index (χ4v) is 3.52. The van der Waals surface area contributed by atoms with E-state index >= 15 is 0 Å². The second kappa shape index (κ2) is 6.89. The molecule has 0 bridgehead atoms. The Bertz CT molecular complexity index is 549. The van der Waals surface area contributed by atoms with Crippen molar-refractivity contribution in [2.24, 2.45) is 5.92 Å². The molecule has 0 saturated heterocycles. The molecule has 1 unspecified atom stereocenters. The quantitative estimate of drug-likeness (QED) is 0.721. The molecule has 1 aliphatic carbocycles. The molecule has 1 heterocycles. The number of aromatic nitrogens is 2. The van der Waals surface area contributed by atoms with Gasteiger partial charge in [-0.05, 0) is 19.3 Å². The first-order chi connectivity index (χ1) is 9.87. The molecule has 0 aliphatic heterocycles. The molecular formula is C14H26N4O2S. The van der Waals surface area contributed by atoms with E-state index in [1.807, 2.05) is 6.92 Å². The standard InChI is InChI=1S/C14H26N4O2S/c1-11(2)15-6-7-18-10-14(9-16-18)21(19,20)17-12(3)8-13-4-5-13/h9-13,15,17H,4-8H2,1-3H3. The highest BCUT2D eigenvalue weighted by Gasteiger charge is 2.26. The Morgan fingerprint density at radius 1 is 1.38 bits per heavy atom. The van der Waals surface area contributed by atoms with Crippen LogP contribution in [0.5, 0.6) is 0 Å². The molecule has 1 aromatic rings. The predicted molar refractivity (Wildman–Crippen MR) is 82.5 cm³/mol. The van der Waals surface area contributed by atoms with Gasteiger partial charge in [-0.3, -0.25) is 4.68 Å². The zero-order chi connectivity index (χ0) is 15.5. The summed E-state index contributed by atoms with van der Waals surface area (Å²) in [6, 6.07) is 0.391. The molecule has 120 valence electrons. The zero-order valence-corrected chi connectivity index (χ0v) is 13.9. The summed E-state index contributed by atoms with van der Waals surface area (Å²) in [5.41, 5.74) is 0. The van der Waals surface area contributed by atoms with E-state index in [1.165, 1.54) is 19.0 Å². The first kappa shape index (κ1) is 16.5. The molecule has 21 heavy (non-hydrogen) atoms. The summed E-state index contributed by atoms with van der Waals surface area (Å²) in [4.78, 5) is 0.245. The molecule has 7 heteroatoms. The zero-order valence-electron chi connectivity index (χ0n) is 13.0. The molecule has 1 saturated carbocycles. The molecule has 6 nitrogen and oxygen atoms in total. The molecule has 0 aromatic carbocycles. The highest BCUT2D eigenvalue weighted by atomic mass is 32.2. The molecule has 1 aliphatic rings. The van der Waals surface area contributed by atoms with Crippen LogP contribution in [-0.2, 0) is 16.6 Å². The van der Waals surface area contributed by atoms with E-state index in [-0.39, 0.29) is 10.9 Å². The maximum atomic E-state index is 12.3. The molecular weight excluding hydrogens is 288 g/mol. The Morgan fingerprint density at radius 3 is 2.71 bits per heavy atom. The van der Waals surface area contributed by atoms with E-state index < -0.39 is 10.0 Å². The smallest absolute Gasteiger partial charge is 0.243 e. The number of hydrogen-bond donors (Lipinski definition) is 2. The maximum Gasteiger partial charge on any atom is 0.243 e. The van der Waals surface area contributed by atoms with E-state index in [9.17, 15) is 8.42 Å². The Labute approximate surface area is 127 Å². The van der Waals surface area contributed by atoms with Crippen LogP contribution in [0.25, 0.3) is 0 Å². The Kier molecular flexibility index (Phi) is 5.40. The van der Waals surface area contributed by atoms with Crippen LogP contribution in [0.4, 0.5) is 0 Å². The number of nitrogens with zero attached hydrogens (tertiary/aromatic N) is 2. The Morgan fingerprint density at radius 2 is 2.10 bits per heavy atom. The molecule has 0 spiro atoms. The summed E-state index contributed by atoms with van der Waals surface area (Å²) in [5.74, 6) is 0.701. The summed E-state index contributed by atoms with van der Waals surface area (Å²) in [6.07, 6.45) is 6.39. The minimum Gasteiger partial charge on any atom is -0.313 e. The fraction of sp³-hybridized carbons (Fsp3) is 0.786. The lowest BCUT2D eigenvalue weighted by Crippen LogP contribution is -2.32. The van der Waals surface area contributed by atoms with E-state index in [0.717, 1.165) is 13.0 Å². The summed E-state index contributed by atoms with van der Waals surface area (Å²) in [6.45, 7) is 7.50. The molecule has 1 atom stereocenters. The maximum absolute atomic E-state index is 12.3. The SMILES string of the molecule is CC(C)NCCn1cc(S(=O)(=O)NC(C)CC2CC2)cn1. The largest absolute Gasteiger partial charge is 0.313 e. The van der Waals surface area contributed by atoms with Crippen LogP contribution in [0.3, 0.4) is 0 Å². The van der Waals surface area contributed by atoms with Crippen molar-refractivity contribution in [2.75, 3.05) is 6.54 Å². The highest BCUT2D eigenvalue weighted by molar-refractivity contribution is 7.89. The van der Waals surface area contributed by atoms with Gasteiger partial charge in [-0.2, -0.15) is 5.10 Å². The second-order valence-electron chi connectivity index (χ2n) is 6.25. The van der Waals surface area contributed by atoms with Crippen LogP contribution in [0.2, 0.25) is 0 Å². The average Bonchev–Trinajstić information content (AvgIpc) is 3.03. The van der Waals surface area contributed by atoms with Crippen LogP contribution in [0.1, 0.15) is 40.0 Å². The van der Waals surface area contributed by atoms with Crippen molar-refractivity contribution >= 4 is 10.0 Å². The predicted octanol–water partition coefficient (Wildman–Crippen LogP) is 1.35. The number of nitrogens with one attached hydrogen (secondary N) is 2. The van der Waals surface area contributed by atoms with Crippen LogP contribution >= 0.6 is 0 Å². The molecule has 0 radical (unpaired) electrons. The third-order valence-corrected chi connectivity index (χ3v) is 5.10. The van der Waals surface area contributed by atoms with E-state index in [1.54, 1.807) is 10.9 Å². The van der Waals surface area contributed by atoms with Crippen molar-refractivity contribution in [2.45, 2.75) is 63.6 Å². The number of sulfonamides is 1. The van der Waals surface area contributed by atoms with Gasteiger partial charge in [0.05, 0.1) is 12.7 Å². The van der Waals surface area contributed by atoms with Crippen LogP contribution < -0.4 is 10.0 Å². The second-order valence-corrected chi connectivity index (χ2v) is 7.96. The van der Waals surface area contributed by atoms with Gasteiger partial charge >= 0.3 is 0 Å². The van der Waals surface area contributed by atoms with Gasteiger partial charge < -0.3 is 5.32 Å². The first-order valence-corrected chi connectivity index (χ1v) is 9.13. The highest BCUT2D eigenvalue weighted by Crippen LogP contribution is 2.33. The minimum atomic E-state index is -3.45. The molecule has 1 fully saturated rings. The van der Waals surface area contributed by atoms with E-state index in [4.69, 9.17) is 0 Å². The Hall–Kier alpha value is -0.920. The lowest BCUT2D eigenvalue weighted by Gasteiger charge is -2.12. The fourth-order valence-electron chi connectivity index (χ4n) is 2.31. The monoisotopic (exact) mass is 314 g/mol. The molecule has 2 rings (SSSR count). The number of hydrogen-bond acceptors (Lipinski definition) is 4. The molecule has 2 N–H and O–H groups in total. The average molecular weight is 314 g/mol. The normalized spacial score (nSPS) is 17.3. The summed E-state index contributed by atoms with van der Waals surface area (Å²) in [5, 5.41) is 7.39. The van der Waals surface area contributed by atoms with Crippen molar-refractivity contribution in [3.05, 3.63) is 12.4 Å². The molecule has 0 amide bonds. The first-order valence-electron chi connectivity index (χ1n) is 7.65. The summed E-state index contributed by atoms with van der Waals surface area (Å²) in [7, 11) is -3.45. The van der Waals surface area contributed by atoms with E-state index in [0.29, 0.717) is 18.5 Å². The summed E-state index contributed by atoms with van der Waals surface area (Å²) < 4.78 is 28.9. The van der Waals surface area contributed by atoms with Crippen LogP contribution in [-0.4, -0.2) is 36.8 Å². The van der Waals surface area contributed by atoms with Gasteiger partial charge in [0.15, 0.2) is 0 Å². The van der Waals surface area contributed by atoms with Crippen LogP contribution in [0, 0.1) is 5.92 Å². The lowest BCUT2D eigenvalue weighted by atomic mass is 10.2. The van der Waals surface area contributed by atoms with Crippen molar-refractivity contribution in [3.63, 3.8) is 0 Å². The van der Waals surface area contributed by atoms with Gasteiger partial charge in [-0.25, -0.2) is 13.1 Å². The lowest BCUT2D eigenvalue weighted by molar-refractivity contribution is 0.514. The van der Waals surface area contributed by atoms with Crippen molar-refractivity contribution < 1.29 is 8.42 Å². The van der Waals surface area contributed by atoms with Crippen molar-refractivity contribution in [3.8, 4) is 0 Å². The topological polar surface area (TPSA) is 76.0 Å². The summed E-state index contributed by atoms with van der Waals surface area (Å²) >= 11 is 0. The van der Waals surface area contributed by atoms with E-state index in [2.05, 4.69) is 29.0 Å². The Balaban J connectivity index is 1.88. The number of rotatable bonds is 9. The van der Waals surface area contributed by atoms with Crippen molar-refractivity contribution in [1.29, 1.82) is 0 Å². The third-order valence-electron chi connectivity index (χ3n) is 3.55. The third kappa shape index (κ3) is 5.41. The van der Waals surface area contributed by atoms with Crippen molar-refractivity contribution in [1.82, 2.24) is 19.8 Å². The van der Waals surface area contributed by atoms with Gasteiger partial charge in [-0.15, -0.1) is 0 Å². The molecule has 1 aromatic heterocycles. The van der Waals surface area contributed by atoms with Gasteiger partial charge in [0.1, 0.15) is 4.90 Å². The van der Waals surface area contributed by atoms with Crippen LogP contribution in [0.15, 0.2) is 17.3 Å². The van der Waals surface area contributed by atoms with Gasteiger partial charge in [0.25, 0.3) is 0 Å².